The number of sulfonamides is 1. The van der Waals surface area contributed by atoms with Crippen LogP contribution in [0.25, 0.3) is 0 Å². The second kappa shape index (κ2) is 7.35. The van der Waals surface area contributed by atoms with Crippen molar-refractivity contribution < 1.29 is 17.9 Å². The number of carbonyl (C=O) groups is 1. The van der Waals surface area contributed by atoms with Gasteiger partial charge in [0, 0.05) is 0 Å². The van der Waals surface area contributed by atoms with Gasteiger partial charge < -0.3 is 10.1 Å². The van der Waals surface area contributed by atoms with Gasteiger partial charge in [0.1, 0.15) is 5.75 Å². The Morgan fingerprint density at radius 2 is 1.75 bits per heavy atom. The van der Waals surface area contributed by atoms with E-state index in [9.17, 15) is 13.2 Å². The highest BCUT2D eigenvalue weighted by molar-refractivity contribution is 7.92. The van der Waals surface area contributed by atoms with Crippen molar-refractivity contribution in [3.05, 3.63) is 53.6 Å². The standard InChI is InChI=1S/C17H20N2O4S/c1-12-8-9-16(13(2)10-12)23-11-17(20)18-14-6-4-5-7-15(14)19-24(3,21)22/h4-10,19H,11H2,1-3H3,(H,18,20). The second-order valence-electron chi connectivity index (χ2n) is 5.53. The molecule has 0 bridgehead atoms. The molecule has 7 heteroatoms. The zero-order valence-corrected chi connectivity index (χ0v) is 14.6. The largest absolute Gasteiger partial charge is 0.483 e. The first-order valence-corrected chi connectivity index (χ1v) is 9.20. The summed E-state index contributed by atoms with van der Waals surface area (Å²) in [5.41, 5.74) is 2.74. The first-order chi connectivity index (χ1) is 11.2. The van der Waals surface area contributed by atoms with Crippen LogP contribution in [-0.4, -0.2) is 27.2 Å². The van der Waals surface area contributed by atoms with Gasteiger partial charge in [-0.05, 0) is 37.6 Å². The van der Waals surface area contributed by atoms with Crippen LogP contribution < -0.4 is 14.8 Å². The van der Waals surface area contributed by atoms with Crippen molar-refractivity contribution in [2.75, 3.05) is 22.9 Å². The smallest absolute Gasteiger partial charge is 0.262 e. The number of para-hydroxylation sites is 2. The monoisotopic (exact) mass is 348 g/mol. The Bertz CT molecular complexity index is 847. The number of amides is 1. The topological polar surface area (TPSA) is 84.5 Å². The number of aryl methyl sites for hydroxylation is 2. The first kappa shape index (κ1) is 17.8. The SMILES string of the molecule is Cc1ccc(OCC(=O)Nc2ccccc2NS(C)(=O)=O)c(C)c1. The third-order valence-electron chi connectivity index (χ3n) is 3.19. The molecule has 0 aliphatic heterocycles. The highest BCUT2D eigenvalue weighted by Gasteiger charge is 2.11. The summed E-state index contributed by atoms with van der Waals surface area (Å²) < 4.78 is 30.6. The molecular formula is C17H20N2O4S. The van der Waals surface area contributed by atoms with Crippen molar-refractivity contribution in [1.29, 1.82) is 0 Å². The second-order valence-corrected chi connectivity index (χ2v) is 7.27. The highest BCUT2D eigenvalue weighted by Crippen LogP contribution is 2.22. The van der Waals surface area contributed by atoms with Crippen molar-refractivity contribution >= 4 is 27.3 Å². The third kappa shape index (κ3) is 5.27. The van der Waals surface area contributed by atoms with Crippen molar-refractivity contribution in [3.63, 3.8) is 0 Å². The van der Waals surface area contributed by atoms with Gasteiger partial charge in [-0.3, -0.25) is 9.52 Å². The maximum Gasteiger partial charge on any atom is 0.262 e. The number of hydrogen-bond acceptors (Lipinski definition) is 4. The number of benzene rings is 2. The van der Waals surface area contributed by atoms with Crippen LogP contribution in [0.5, 0.6) is 5.75 Å². The zero-order chi connectivity index (χ0) is 17.7. The number of rotatable bonds is 6. The van der Waals surface area contributed by atoms with E-state index in [0.717, 1.165) is 17.4 Å². The maximum absolute atomic E-state index is 12.1. The van der Waals surface area contributed by atoms with E-state index in [1.54, 1.807) is 24.3 Å². The number of nitrogens with one attached hydrogen (secondary N) is 2. The van der Waals surface area contributed by atoms with Crippen LogP contribution in [0.3, 0.4) is 0 Å². The molecule has 0 aromatic heterocycles. The van der Waals surface area contributed by atoms with E-state index < -0.39 is 10.0 Å². The predicted molar refractivity (Wildman–Crippen MR) is 94.9 cm³/mol. The number of carbonyl (C=O) groups excluding carboxylic acids is 1. The van der Waals surface area contributed by atoms with Gasteiger partial charge in [-0.2, -0.15) is 0 Å². The summed E-state index contributed by atoms with van der Waals surface area (Å²) in [4.78, 5) is 12.1. The van der Waals surface area contributed by atoms with Crippen LogP contribution in [0.2, 0.25) is 0 Å². The lowest BCUT2D eigenvalue weighted by molar-refractivity contribution is -0.118. The summed E-state index contributed by atoms with van der Waals surface area (Å²) in [6.45, 7) is 3.72. The lowest BCUT2D eigenvalue weighted by Gasteiger charge is -2.13. The Kier molecular flexibility index (Phi) is 5.46. The summed E-state index contributed by atoms with van der Waals surface area (Å²) >= 11 is 0. The van der Waals surface area contributed by atoms with Gasteiger partial charge in [0.15, 0.2) is 6.61 Å². The number of hydrogen-bond donors (Lipinski definition) is 2. The van der Waals surface area contributed by atoms with Crippen molar-refractivity contribution in [2.45, 2.75) is 13.8 Å². The summed E-state index contributed by atoms with van der Waals surface area (Å²) in [6, 6.07) is 12.3. The molecule has 0 atom stereocenters. The predicted octanol–water partition coefficient (Wildman–Crippen LogP) is 2.69. The van der Waals surface area contributed by atoms with Gasteiger partial charge in [0.2, 0.25) is 10.0 Å². The highest BCUT2D eigenvalue weighted by atomic mass is 32.2. The molecule has 24 heavy (non-hydrogen) atoms. The molecule has 128 valence electrons. The fourth-order valence-electron chi connectivity index (χ4n) is 2.17. The molecule has 2 aromatic carbocycles. The van der Waals surface area contributed by atoms with E-state index in [1.807, 2.05) is 32.0 Å². The molecule has 0 saturated carbocycles. The molecule has 2 rings (SSSR count). The molecule has 0 heterocycles. The number of ether oxygens (including phenoxy) is 1. The van der Waals surface area contributed by atoms with E-state index in [4.69, 9.17) is 4.74 Å². The average molecular weight is 348 g/mol. The quantitative estimate of drug-likeness (QED) is 0.840. The van der Waals surface area contributed by atoms with Crippen LogP contribution in [0.15, 0.2) is 42.5 Å². The number of anilines is 2. The molecule has 2 N–H and O–H groups in total. The van der Waals surface area contributed by atoms with Crippen molar-refractivity contribution in [3.8, 4) is 5.75 Å². The van der Waals surface area contributed by atoms with E-state index in [0.29, 0.717) is 17.1 Å². The van der Waals surface area contributed by atoms with Crippen LogP contribution in [0.4, 0.5) is 11.4 Å². The van der Waals surface area contributed by atoms with E-state index in [1.165, 1.54) is 0 Å². The molecule has 0 radical (unpaired) electrons. The fraction of sp³-hybridized carbons (Fsp3) is 0.235. The fourth-order valence-corrected chi connectivity index (χ4v) is 2.75. The van der Waals surface area contributed by atoms with E-state index in [-0.39, 0.29) is 12.5 Å². The Hall–Kier alpha value is -2.54. The van der Waals surface area contributed by atoms with Gasteiger partial charge in [0.25, 0.3) is 5.91 Å². The molecule has 0 spiro atoms. The molecule has 0 fully saturated rings. The summed E-state index contributed by atoms with van der Waals surface area (Å²) in [5.74, 6) is 0.260. The van der Waals surface area contributed by atoms with Gasteiger partial charge >= 0.3 is 0 Å². The lowest BCUT2D eigenvalue weighted by Crippen LogP contribution is -2.21. The van der Waals surface area contributed by atoms with Crippen LogP contribution in [0, 0.1) is 13.8 Å². The Morgan fingerprint density at radius 1 is 1.08 bits per heavy atom. The van der Waals surface area contributed by atoms with Crippen LogP contribution >= 0.6 is 0 Å². The van der Waals surface area contributed by atoms with E-state index >= 15 is 0 Å². The first-order valence-electron chi connectivity index (χ1n) is 7.31. The van der Waals surface area contributed by atoms with E-state index in [2.05, 4.69) is 10.0 Å². The molecule has 6 nitrogen and oxygen atoms in total. The van der Waals surface area contributed by atoms with Crippen LogP contribution in [0.1, 0.15) is 11.1 Å². The van der Waals surface area contributed by atoms with Crippen molar-refractivity contribution in [1.82, 2.24) is 0 Å². The van der Waals surface area contributed by atoms with Crippen molar-refractivity contribution in [2.24, 2.45) is 0 Å². The summed E-state index contributed by atoms with van der Waals surface area (Å²) in [7, 11) is -3.43. The average Bonchev–Trinajstić information content (AvgIpc) is 2.47. The molecule has 0 aliphatic carbocycles. The lowest BCUT2D eigenvalue weighted by atomic mass is 10.1. The van der Waals surface area contributed by atoms with Gasteiger partial charge in [-0.1, -0.05) is 29.8 Å². The minimum absolute atomic E-state index is 0.170. The minimum atomic E-state index is -3.43. The summed E-state index contributed by atoms with van der Waals surface area (Å²) in [6.07, 6.45) is 1.05. The van der Waals surface area contributed by atoms with Gasteiger partial charge in [0.05, 0.1) is 17.6 Å². The molecule has 0 saturated heterocycles. The molecule has 1 amide bonds. The molecule has 2 aromatic rings. The zero-order valence-electron chi connectivity index (χ0n) is 13.8. The maximum atomic E-state index is 12.1. The summed E-state index contributed by atoms with van der Waals surface area (Å²) in [5, 5.41) is 2.64. The van der Waals surface area contributed by atoms with Gasteiger partial charge in [-0.15, -0.1) is 0 Å². The Balaban J connectivity index is 2.02. The third-order valence-corrected chi connectivity index (χ3v) is 3.78. The molecule has 0 aliphatic rings. The molecular weight excluding hydrogens is 328 g/mol. The molecule has 0 unspecified atom stereocenters. The normalized spacial score (nSPS) is 11.0. The van der Waals surface area contributed by atoms with Gasteiger partial charge in [-0.25, -0.2) is 8.42 Å². The Labute approximate surface area is 141 Å². The minimum Gasteiger partial charge on any atom is -0.483 e. The van der Waals surface area contributed by atoms with Crippen LogP contribution in [-0.2, 0) is 14.8 Å². The Morgan fingerprint density at radius 3 is 2.38 bits per heavy atom.